The van der Waals surface area contributed by atoms with E-state index in [1.165, 1.54) is 9.36 Å². The largest absolute Gasteiger partial charge is 0.507 e. The summed E-state index contributed by atoms with van der Waals surface area (Å²) in [5.41, 5.74) is 1.10. The lowest BCUT2D eigenvalue weighted by Gasteiger charge is -2.53. The number of phenols is 1. The molecule has 0 unspecified atom stereocenters. The van der Waals surface area contributed by atoms with Gasteiger partial charge in [-0.2, -0.15) is 0 Å². The maximum atomic E-state index is 14.1. The van der Waals surface area contributed by atoms with E-state index in [-0.39, 0.29) is 30.3 Å². The minimum atomic E-state index is -1.18. The highest BCUT2D eigenvalue weighted by Gasteiger charge is 2.60. The van der Waals surface area contributed by atoms with Gasteiger partial charge in [-0.05, 0) is 61.1 Å². The predicted molar refractivity (Wildman–Crippen MR) is 151 cm³/mol. The summed E-state index contributed by atoms with van der Waals surface area (Å²) in [6, 6.07) is 13.5. The molecule has 1 aliphatic heterocycles. The molecular formula is C32H31N3O5. The lowest BCUT2D eigenvalue weighted by atomic mass is 9.50. The minimum Gasteiger partial charge on any atom is -0.507 e. The second kappa shape index (κ2) is 9.05. The summed E-state index contributed by atoms with van der Waals surface area (Å²) in [5.74, 6) is -1.65. The number of hydrogen-bond donors (Lipinski definition) is 1. The zero-order chi connectivity index (χ0) is 28.5. The Kier molecular flexibility index (Phi) is 5.83. The lowest BCUT2D eigenvalue weighted by Crippen LogP contribution is -2.55. The van der Waals surface area contributed by atoms with Gasteiger partial charge in [0.2, 0.25) is 0 Å². The number of hydrogen-bond acceptors (Lipinski definition) is 5. The first-order valence-corrected chi connectivity index (χ1v) is 13.5. The van der Waals surface area contributed by atoms with Crippen LogP contribution in [-0.2, 0) is 22.6 Å². The molecule has 1 fully saturated rings. The van der Waals surface area contributed by atoms with Crippen LogP contribution in [0, 0.1) is 11.3 Å². The quantitative estimate of drug-likeness (QED) is 0.507. The summed E-state index contributed by atoms with van der Waals surface area (Å²) >= 11 is 0. The van der Waals surface area contributed by atoms with E-state index in [2.05, 4.69) is 6.58 Å². The van der Waals surface area contributed by atoms with Crippen LogP contribution in [0.5, 0.6) is 5.75 Å². The van der Waals surface area contributed by atoms with Crippen LogP contribution in [0.25, 0.3) is 5.69 Å². The number of carbonyl (C=O) groups excluding carboxylic acids is 2. The number of fused-ring (bicyclic) bond motifs is 4. The molecule has 0 saturated heterocycles. The molecule has 2 heterocycles. The molecule has 1 aromatic heterocycles. The van der Waals surface area contributed by atoms with Crippen LogP contribution in [0.1, 0.15) is 50.3 Å². The van der Waals surface area contributed by atoms with E-state index in [9.17, 15) is 24.3 Å². The summed E-state index contributed by atoms with van der Waals surface area (Å²) in [4.78, 5) is 55.3. The summed E-state index contributed by atoms with van der Waals surface area (Å²) in [7, 11) is 0. The summed E-state index contributed by atoms with van der Waals surface area (Å²) in [5, 5.41) is 11.5. The SMILES string of the molecule is C=CCc1cccc([C@H]2C3=CCn4c(=O)n(-c5ccccc5)c(=O)n4[C@@H]3C[C@H]3C(=O)C(C)=C(C)C(=O)[C@@]23C)c1O. The van der Waals surface area contributed by atoms with Gasteiger partial charge in [0.05, 0.1) is 23.7 Å². The van der Waals surface area contributed by atoms with E-state index >= 15 is 0 Å². The number of Topliss-reactive ketones (excluding diaryl/α,β-unsaturated/α-hetero) is 2. The Morgan fingerprint density at radius 1 is 1.00 bits per heavy atom. The lowest BCUT2D eigenvalue weighted by molar-refractivity contribution is -0.140. The molecule has 4 atom stereocenters. The first-order chi connectivity index (χ1) is 19.1. The second-order valence-corrected chi connectivity index (χ2v) is 11.2. The second-order valence-electron chi connectivity index (χ2n) is 11.2. The Bertz CT molecular complexity index is 1780. The van der Waals surface area contributed by atoms with Crippen molar-refractivity contribution in [3.05, 3.63) is 116 Å². The van der Waals surface area contributed by atoms with Gasteiger partial charge in [-0.15, -0.1) is 6.58 Å². The van der Waals surface area contributed by atoms with Crippen LogP contribution in [0.3, 0.4) is 0 Å². The van der Waals surface area contributed by atoms with Crippen molar-refractivity contribution in [3.63, 3.8) is 0 Å². The number of aromatic nitrogens is 3. The van der Waals surface area contributed by atoms with Crippen molar-refractivity contribution in [1.82, 2.24) is 13.9 Å². The number of para-hydroxylation sites is 2. The van der Waals surface area contributed by atoms with Crippen LogP contribution in [0.4, 0.5) is 0 Å². The van der Waals surface area contributed by atoms with Gasteiger partial charge in [-0.1, -0.05) is 55.5 Å². The summed E-state index contributed by atoms with van der Waals surface area (Å²) in [6.45, 7) is 9.09. The Morgan fingerprint density at radius 3 is 2.42 bits per heavy atom. The fourth-order valence-electron chi connectivity index (χ4n) is 7.15. The molecule has 2 aromatic carbocycles. The molecule has 0 amide bonds. The molecule has 8 nitrogen and oxygen atoms in total. The van der Waals surface area contributed by atoms with E-state index in [0.29, 0.717) is 34.4 Å². The van der Waals surface area contributed by atoms with Crippen molar-refractivity contribution in [3.8, 4) is 11.4 Å². The number of benzene rings is 2. The molecule has 1 N–H and O–H groups in total. The number of allylic oxidation sites excluding steroid dienone is 5. The van der Waals surface area contributed by atoms with Crippen LogP contribution >= 0.6 is 0 Å². The van der Waals surface area contributed by atoms with E-state index in [1.807, 2.05) is 25.1 Å². The minimum absolute atomic E-state index is 0.0512. The van der Waals surface area contributed by atoms with E-state index < -0.39 is 34.7 Å². The third-order valence-electron chi connectivity index (χ3n) is 9.27. The Balaban J connectivity index is 1.62. The van der Waals surface area contributed by atoms with Gasteiger partial charge in [-0.25, -0.2) is 23.5 Å². The highest BCUT2D eigenvalue weighted by atomic mass is 16.3. The van der Waals surface area contributed by atoms with Crippen molar-refractivity contribution >= 4 is 11.6 Å². The van der Waals surface area contributed by atoms with Crippen LogP contribution in [-0.4, -0.2) is 30.6 Å². The van der Waals surface area contributed by atoms with Gasteiger partial charge in [0.15, 0.2) is 11.6 Å². The van der Waals surface area contributed by atoms with Gasteiger partial charge in [0, 0.05) is 17.4 Å². The third kappa shape index (κ3) is 3.31. The number of aromatic hydroxyl groups is 1. The van der Waals surface area contributed by atoms with Crippen LogP contribution in [0.15, 0.2) is 93.6 Å². The zero-order valence-corrected chi connectivity index (χ0v) is 22.8. The van der Waals surface area contributed by atoms with Crippen LogP contribution < -0.4 is 11.4 Å². The fraction of sp³-hybridized carbons (Fsp3) is 0.312. The van der Waals surface area contributed by atoms with Gasteiger partial charge < -0.3 is 5.11 Å². The molecule has 0 radical (unpaired) electrons. The van der Waals surface area contributed by atoms with Crippen molar-refractivity contribution in [2.75, 3.05) is 0 Å². The first-order valence-electron chi connectivity index (χ1n) is 13.5. The topological polar surface area (TPSA) is 103 Å². The zero-order valence-electron chi connectivity index (χ0n) is 22.8. The van der Waals surface area contributed by atoms with E-state index in [0.717, 1.165) is 10.1 Å². The Hall–Kier alpha value is -4.46. The monoisotopic (exact) mass is 537 g/mol. The molecule has 204 valence electrons. The highest BCUT2D eigenvalue weighted by molar-refractivity contribution is 6.15. The molecule has 1 saturated carbocycles. The summed E-state index contributed by atoms with van der Waals surface area (Å²) < 4.78 is 3.99. The predicted octanol–water partition coefficient (Wildman–Crippen LogP) is 4.01. The maximum Gasteiger partial charge on any atom is 0.352 e. The third-order valence-corrected chi connectivity index (χ3v) is 9.27. The molecule has 3 aromatic rings. The average Bonchev–Trinajstić information content (AvgIpc) is 3.21. The number of nitrogens with zero attached hydrogens (tertiary/aromatic N) is 3. The van der Waals surface area contributed by atoms with Gasteiger partial charge in [0.25, 0.3) is 0 Å². The number of rotatable bonds is 4. The average molecular weight is 538 g/mol. The molecule has 0 bridgehead atoms. The molecule has 6 rings (SSSR count). The Morgan fingerprint density at radius 2 is 1.73 bits per heavy atom. The van der Waals surface area contributed by atoms with Crippen LogP contribution in [0.2, 0.25) is 0 Å². The molecule has 3 aliphatic rings. The van der Waals surface area contributed by atoms with Crippen molar-refractivity contribution in [1.29, 1.82) is 0 Å². The maximum absolute atomic E-state index is 14.1. The molecule has 0 spiro atoms. The normalized spacial score (nSPS) is 25.7. The van der Waals surface area contributed by atoms with Crippen molar-refractivity contribution in [2.24, 2.45) is 11.3 Å². The van der Waals surface area contributed by atoms with Crippen molar-refractivity contribution < 1.29 is 14.7 Å². The summed E-state index contributed by atoms with van der Waals surface area (Å²) in [6.07, 6.45) is 4.21. The highest BCUT2D eigenvalue weighted by Crippen LogP contribution is 2.61. The number of ketones is 2. The number of phenolic OH excluding ortho intramolecular Hbond substituents is 1. The van der Waals surface area contributed by atoms with Gasteiger partial charge in [0.1, 0.15) is 5.75 Å². The first kappa shape index (κ1) is 25.8. The van der Waals surface area contributed by atoms with E-state index in [1.54, 1.807) is 56.3 Å². The number of carbonyl (C=O) groups is 2. The van der Waals surface area contributed by atoms with Gasteiger partial charge >= 0.3 is 11.4 Å². The fourth-order valence-corrected chi connectivity index (χ4v) is 7.15. The smallest absolute Gasteiger partial charge is 0.352 e. The molecule has 2 aliphatic carbocycles. The Labute approximate surface area is 231 Å². The van der Waals surface area contributed by atoms with Crippen molar-refractivity contribution in [2.45, 2.75) is 52.1 Å². The van der Waals surface area contributed by atoms with E-state index in [4.69, 9.17) is 0 Å². The molecule has 8 heteroatoms. The molecule has 40 heavy (non-hydrogen) atoms. The molecular weight excluding hydrogens is 506 g/mol. The van der Waals surface area contributed by atoms with Gasteiger partial charge in [-0.3, -0.25) is 9.59 Å². The standard InChI is InChI=1S/C32H31N3O5/c1-5-10-20-11-9-14-23(28(20)37)26-22-15-16-33-30(39)34(21-12-7-6-8-13-21)31(40)35(33)25(22)17-24-27(36)18(2)19(3)29(38)32(24,26)4/h5-9,11-15,24-26,37H,1,10,16-17H2,2-4H3/t24-,25+,26+,32+/m0/s1.